The molecule has 0 radical (unpaired) electrons. The number of aromatic nitrogens is 1. The molecule has 1 amide bonds. The molecule has 2 aromatic heterocycles. The minimum absolute atomic E-state index is 0.167. The van der Waals surface area contributed by atoms with Crippen molar-refractivity contribution in [1.82, 2.24) is 4.57 Å². The molecular weight excluding hydrogens is 506 g/mol. The molecule has 7 nitrogen and oxygen atoms in total. The Morgan fingerprint density at radius 3 is 2.65 bits per heavy atom. The molecule has 4 heterocycles. The molecule has 0 saturated carbocycles. The number of rotatable bonds is 7. The van der Waals surface area contributed by atoms with Crippen LogP contribution >= 0.6 is 22.7 Å². The number of carbonyl (C=O) groups is 2. The number of anilines is 1. The lowest BCUT2D eigenvalue weighted by molar-refractivity contribution is -0.140. The Bertz CT molecular complexity index is 1580. The number of allylic oxidation sites excluding steroid dienone is 1. The van der Waals surface area contributed by atoms with Crippen LogP contribution in [0.5, 0.6) is 0 Å². The van der Waals surface area contributed by atoms with E-state index in [1.165, 1.54) is 22.7 Å². The summed E-state index contributed by atoms with van der Waals surface area (Å²) in [6.07, 6.45) is 1.83. The van der Waals surface area contributed by atoms with Gasteiger partial charge in [0.25, 0.3) is 11.5 Å². The van der Waals surface area contributed by atoms with Crippen LogP contribution in [0.1, 0.15) is 57.0 Å². The standard InChI is InChI=1S/C28H29N3O4S2/c1-5-6-13-30-19-11-8-7-10-18(19)22(25(30)32)24-26(33)31-23(20-12-9-14-36-20)21(17(4)29-28(31)37-24)27(34)35-15-16(2)3/h7-12,14,16,23H,5-6,13,15H2,1-4H3/b24-22-/t23-/m0/s1. The van der Waals surface area contributed by atoms with Gasteiger partial charge in [-0.3, -0.25) is 14.2 Å². The van der Waals surface area contributed by atoms with Crippen LogP contribution in [0.4, 0.5) is 5.69 Å². The van der Waals surface area contributed by atoms with Gasteiger partial charge in [0.2, 0.25) is 0 Å². The second-order valence-electron chi connectivity index (χ2n) is 9.61. The third-order valence-corrected chi connectivity index (χ3v) is 8.44. The van der Waals surface area contributed by atoms with Gasteiger partial charge >= 0.3 is 5.97 Å². The topological polar surface area (TPSA) is 81.0 Å². The molecule has 5 rings (SSSR count). The molecule has 192 valence electrons. The molecule has 0 unspecified atom stereocenters. The maximum Gasteiger partial charge on any atom is 0.338 e. The molecule has 37 heavy (non-hydrogen) atoms. The van der Waals surface area contributed by atoms with Crippen molar-refractivity contribution < 1.29 is 14.3 Å². The Labute approximate surface area is 223 Å². The first-order valence-corrected chi connectivity index (χ1v) is 14.2. The average molecular weight is 536 g/mol. The number of thiophene rings is 1. The molecule has 0 bridgehead atoms. The van der Waals surface area contributed by atoms with E-state index in [1.807, 2.05) is 55.6 Å². The number of hydrogen-bond donors (Lipinski definition) is 0. The zero-order valence-electron chi connectivity index (χ0n) is 21.3. The number of nitrogens with zero attached hydrogens (tertiary/aromatic N) is 3. The minimum atomic E-state index is -0.659. The first-order chi connectivity index (χ1) is 17.8. The monoisotopic (exact) mass is 535 g/mol. The van der Waals surface area contributed by atoms with Gasteiger partial charge in [0, 0.05) is 17.0 Å². The third-order valence-electron chi connectivity index (χ3n) is 6.46. The Kier molecular flexibility index (Phi) is 7.00. The Morgan fingerprint density at radius 2 is 1.95 bits per heavy atom. The quantitative estimate of drug-likeness (QED) is 0.428. The lowest BCUT2D eigenvalue weighted by Crippen LogP contribution is -2.40. The van der Waals surface area contributed by atoms with Crippen LogP contribution in [0.25, 0.3) is 5.57 Å². The number of amides is 1. The van der Waals surface area contributed by atoms with E-state index in [-0.39, 0.29) is 24.0 Å². The van der Waals surface area contributed by atoms with Crippen molar-refractivity contribution in [2.24, 2.45) is 10.9 Å². The first-order valence-electron chi connectivity index (χ1n) is 12.5. The lowest BCUT2D eigenvalue weighted by Gasteiger charge is -2.23. The summed E-state index contributed by atoms with van der Waals surface area (Å²) in [7, 11) is 0. The van der Waals surface area contributed by atoms with Crippen LogP contribution < -0.4 is 19.8 Å². The number of thiazole rings is 1. The smallest absolute Gasteiger partial charge is 0.338 e. The van der Waals surface area contributed by atoms with E-state index in [0.717, 1.165) is 29.0 Å². The fourth-order valence-corrected chi connectivity index (χ4v) is 6.67. The minimum Gasteiger partial charge on any atom is -0.462 e. The molecule has 1 aromatic carbocycles. The number of para-hydroxylation sites is 1. The molecule has 0 saturated heterocycles. The number of esters is 1. The Hall–Kier alpha value is -3.30. The molecule has 1 atom stereocenters. The molecule has 0 N–H and O–H groups in total. The first kappa shape index (κ1) is 25.4. The number of benzene rings is 1. The summed E-state index contributed by atoms with van der Waals surface area (Å²) in [4.78, 5) is 48.7. The Morgan fingerprint density at radius 1 is 1.16 bits per heavy atom. The Balaban J connectivity index is 1.72. The summed E-state index contributed by atoms with van der Waals surface area (Å²) in [5.74, 6) is -0.462. The van der Waals surface area contributed by atoms with Crippen LogP contribution in [0.15, 0.2) is 62.8 Å². The molecule has 2 aliphatic rings. The number of carbonyl (C=O) groups excluding carboxylic acids is 2. The van der Waals surface area contributed by atoms with Gasteiger partial charge in [-0.1, -0.05) is 62.8 Å². The molecule has 9 heteroatoms. The summed E-state index contributed by atoms with van der Waals surface area (Å²) >= 11 is 2.68. The van der Waals surface area contributed by atoms with Crippen molar-refractivity contribution in [3.63, 3.8) is 0 Å². The lowest BCUT2D eigenvalue weighted by atomic mass is 10.0. The van der Waals surface area contributed by atoms with Crippen molar-refractivity contribution >= 4 is 45.8 Å². The SMILES string of the molecule is CCCCN1C(=O)/C(=c2\sc3n(c2=O)[C@@H](c2cccs2)C(C(=O)OCC(C)C)=C(C)N=3)c2ccccc21. The van der Waals surface area contributed by atoms with Crippen LogP contribution in [-0.2, 0) is 14.3 Å². The highest BCUT2D eigenvalue weighted by molar-refractivity contribution is 7.10. The van der Waals surface area contributed by atoms with Crippen LogP contribution in [0, 0.1) is 5.92 Å². The van der Waals surface area contributed by atoms with Gasteiger partial charge in [-0.2, -0.15) is 0 Å². The second-order valence-corrected chi connectivity index (χ2v) is 11.6. The summed E-state index contributed by atoms with van der Waals surface area (Å²) in [5.41, 5.74) is 2.55. The van der Waals surface area contributed by atoms with Gasteiger partial charge in [-0.05, 0) is 36.8 Å². The van der Waals surface area contributed by atoms with Gasteiger partial charge in [-0.25, -0.2) is 9.79 Å². The van der Waals surface area contributed by atoms with E-state index >= 15 is 0 Å². The summed E-state index contributed by atoms with van der Waals surface area (Å²) < 4.78 is 7.49. The number of fused-ring (bicyclic) bond motifs is 2. The van der Waals surface area contributed by atoms with Gasteiger partial charge in [0.15, 0.2) is 4.80 Å². The fraction of sp³-hybridized carbons (Fsp3) is 0.357. The van der Waals surface area contributed by atoms with Crippen LogP contribution in [-0.4, -0.2) is 29.6 Å². The molecular formula is C28H29N3O4S2. The van der Waals surface area contributed by atoms with Gasteiger partial charge in [0.05, 0.1) is 29.1 Å². The number of unbranched alkanes of at least 4 members (excludes halogenated alkanes) is 1. The van der Waals surface area contributed by atoms with Crippen LogP contribution in [0.2, 0.25) is 0 Å². The van der Waals surface area contributed by atoms with Crippen LogP contribution in [0.3, 0.4) is 0 Å². The van der Waals surface area contributed by atoms with E-state index in [1.54, 1.807) is 16.4 Å². The zero-order valence-corrected chi connectivity index (χ0v) is 22.9. The summed E-state index contributed by atoms with van der Waals surface area (Å²) in [6, 6.07) is 10.8. The van der Waals surface area contributed by atoms with E-state index < -0.39 is 12.0 Å². The maximum absolute atomic E-state index is 14.1. The molecule has 3 aromatic rings. The van der Waals surface area contributed by atoms with Crippen molar-refractivity contribution in [2.45, 2.75) is 46.6 Å². The maximum atomic E-state index is 14.1. The number of hydrogen-bond acceptors (Lipinski definition) is 7. The highest BCUT2D eigenvalue weighted by atomic mass is 32.1. The van der Waals surface area contributed by atoms with Gasteiger partial charge in [0.1, 0.15) is 10.6 Å². The molecule has 0 spiro atoms. The molecule has 2 aliphatic heterocycles. The van der Waals surface area contributed by atoms with Crippen molar-refractivity contribution in [1.29, 1.82) is 0 Å². The predicted octanol–water partition coefficient (Wildman–Crippen LogP) is 4.01. The third kappa shape index (κ3) is 4.40. The van der Waals surface area contributed by atoms with Gasteiger partial charge < -0.3 is 9.64 Å². The van der Waals surface area contributed by atoms with E-state index in [2.05, 4.69) is 11.9 Å². The van der Waals surface area contributed by atoms with E-state index in [9.17, 15) is 14.4 Å². The fourth-order valence-electron chi connectivity index (χ4n) is 4.71. The van der Waals surface area contributed by atoms with Gasteiger partial charge in [-0.15, -0.1) is 11.3 Å². The highest BCUT2D eigenvalue weighted by Crippen LogP contribution is 2.36. The van der Waals surface area contributed by atoms with E-state index in [0.29, 0.717) is 32.7 Å². The van der Waals surface area contributed by atoms with Crippen molar-refractivity contribution in [3.8, 4) is 0 Å². The number of ether oxygens (including phenoxy) is 1. The second kappa shape index (κ2) is 10.2. The summed E-state index contributed by atoms with van der Waals surface area (Å²) in [5, 5.41) is 1.92. The summed E-state index contributed by atoms with van der Waals surface area (Å²) in [6.45, 7) is 8.68. The van der Waals surface area contributed by atoms with E-state index in [4.69, 9.17) is 4.74 Å². The predicted molar refractivity (Wildman–Crippen MR) is 147 cm³/mol. The zero-order chi connectivity index (χ0) is 26.3. The van der Waals surface area contributed by atoms with Crippen molar-refractivity contribution in [3.05, 3.63) is 83.2 Å². The van der Waals surface area contributed by atoms with Crippen molar-refractivity contribution in [2.75, 3.05) is 18.1 Å². The highest BCUT2D eigenvalue weighted by Gasteiger charge is 2.37. The molecule has 0 fully saturated rings. The average Bonchev–Trinajstić information content (AvgIpc) is 3.58. The molecule has 0 aliphatic carbocycles. The largest absolute Gasteiger partial charge is 0.462 e. The normalized spacial score (nSPS) is 18.2.